The minimum Gasteiger partial charge on any atom is -0.346 e. The Bertz CT molecular complexity index is 624. The van der Waals surface area contributed by atoms with Crippen LogP contribution in [0.15, 0.2) is 23.7 Å². The number of rotatable bonds is 3. The first-order valence-electron chi connectivity index (χ1n) is 5.59. The molecule has 0 aliphatic rings. The first kappa shape index (κ1) is 14.4. The van der Waals surface area contributed by atoms with E-state index in [-0.39, 0.29) is 6.54 Å². The lowest BCUT2D eigenvalue weighted by atomic mass is 10.1. The molecule has 4 nitrogen and oxygen atoms in total. The standard InChI is InChI=1S/C12H10F3N3OS/c1-7-18-8(6-20-7)5-17-11(19)9-3-2-4-16-10(9)12(13,14)15/h2-4,6H,5H2,1H3,(H,17,19). The maximum atomic E-state index is 12.7. The van der Waals surface area contributed by atoms with Gasteiger partial charge in [0.25, 0.3) is 5.91 Å². The topological polar surface area (TPSA) is 54.9 Å². The second-order valence-electron chi connectivity index (χ2n) is 3.94. The lowest BCUT2D eigenvalue weighted by Gasteiger charge is -2.10. The predicted octanol–water partition coefficient (Wildman–Crippen LogP) is 2.80. The highest BCUT2D eigenvalue weighted by molar-refractivity contribution is 7.09. The van der Waals surface area contributed by atoms with Gasteiger partial charge in [-0.25, -0.2) is 4.98 Å². The minimum absolute atomic E-state index is 0.0787. The summed E-state index contributed by atoms with van der Waals surface area (Å²) in [5.41, 5.74) is -1.07. The maximum absolute atomic E-state index is 12.7. The van der Waals surface area contributed by atoms with Crippen molar-refractivity contribution in [3.8, 4) is 0 Å². The van der Waals surface area contributed by atoms with Gasteiger partial charge in [-0.2, -0.15) is 13.2 Å². The van der Waals surface area contributed by atoms with Crippen LogP contribution >= 0.6 is 11.3 Å². The summed E-state index contributed by atoms with van der Waals surface area (Å²) in [6.07, 6.45) is -3.66. The number of carbonyl (C=O) groups is 1. The summed E-state index contributed by atoms with van der Waals surface area (Å²) in [4.78, 5) is 19.2. The number of hydrogen-bond donors (Lipinski definition) is 1. The van der Waals surface area contributed by atoms with Crippen LogP contribution in [0.25, 0.3) is 0 Å². The number of carbonyl (C=O) groups excluding carboxylic acids is 1. The lowest BCUT2D eigenvalue weighted by Crippen LogP contribution is -2.26. The third-order valence-corrected chi connectivity index (χ3v) is 3.24. The first-order valence-corrected chi connectivity index (χ1v) is 6.47. The van der Waals surface area contributed by atoms with Crippen LogP contribution in [0.4, 0.5) is 13.2 Å². The average molecular weight is 301 g/mol. The van der Waals surface area contributed by atoms with Crippen molar-refractivity contribution >= 4 is 17.2 Å². The van der Waals surface area contributed by atoms with Gasteiger partial charge in [-0.15, -0.1) is 11.3 Å². The third-order valence-electron chi connectivity index (χ3n) is 2.42. The Hall–Kier alpha value is -1.96. The van der Waals surface area contributed by atoms with Crippen molar-refractivity contribution < 1.29 is 18.0 Å². The Balaban J connectivity index is 2.13. The van der Waals surface area contributed by atoms with Crippen molar-refractivity contribution in [1.82, 2.24) is 15.3 Å². The number of halogens is 3. The van der Waals surface area contributed by atoms with Gasteiger partial charge in [-0.1, -0.05) is 0 Å². The summed E-state index contributed by atoms with van der Waals surface area (Å²) in [5, 5.41) is 4.97. The molecule has 0 saturated heterocycles. The van der Waals surface area contributed by atoms with Crippen LogP contribution in [0, 0.1) is 6.92 Å². The molecule has 0 aliphatic heterocycles. The van der Waals surface area contributed by atoms with E-state index in [1.165, 1.54) is 17.4 Å². The lowest BCUT2D eigenvalue weighted by molar-refractivity contribution is -0.141. The average Bonchev–Trinajstić information content (AvgIpc) is 2.81. The highest BCUT2D eigenvalue weighted by atomic mass is 32.1. The Labute approximate surface area is 116 Å². The number of aromatic nitrogens is 2. The molecule has 2 aromatic rings. The molecule has 0 aromatic carbocycles. The van der Waals surface area contributed by atoms with Crippen LogP contribution in [0.3, 0.4) is 0 Å². The van der Waals surface area contributed by atoms with Gasteiger partial charge in [0, 0.05) is 11.6 Å². The smallest absolute Gasteiger partial charge is 0.346 e. The second kappa shape index (κ2) is 5.58. The number of amides is 1. The molecule has 0 bridgehead atoms. The van der Waals surface area contributed by atoms with Gasteiger partial charge >= 0.3 is 6.18 Å². The van der Waals surface area contributed by atoms with E-state index in [2.05, 4.69) is 15.3 Å². The van der Waals surface area contributed by atoms with E-state index in [1.54, 1.807) is 12.3 Å². The van der Waals surface area contributed by atoms with Gasteiger partial charge in [0.15, 0.2) is 5.69 Å². The van der Waals surface area contributed by atoms with Crippen LogP contribution in [0.1, 0.15) is 26.8 Å². The monoisotopic (exact) mass is 301 g/mol. The molecule has 0 atom stereocenters. The Morgan fingerprint density at radius 2 is 2.20 bits per heavy atom. The Morgan fingerprint density at radius 1 is 1.45 bits per heavy atom. The molecule has 0 saturated carbocycles. The van der Waals surface area contributed by atoms with E-state index in [4.69, 9.17) is 0 Å². The zero-order valence-corrected chi connectivity index (χ0v) is 11.2. The van der Waals surface area contributed by atoms with E-state index < -0.39 is 23.3 Å². The maximum Gasteiger partial charge on any atom is 0.434 e. The molecule has 2 heterocycles. The first-order chi connectivity index (χ1) is 9.38. The minimum atomic E-state index is -4.66. The molecule has 2 rings (SSSR count). The van der Waals surface area contributed by atoms with Crippen LogP contribution in [-0.4, -0.2) is 15.9 Å². The highest BCUT2D eigenvalue weighted by Crippen LogP contribution is 2.29. The molecule has 0 spiro atoms. The van der Waals surface area contributed by atoms with E-state index >= 15 is 0 Å². The number of aryl methyl sites for hydroxylation is 1. The van der Waals surface area contributed by atoms with Gasteiger partial charge in [-0.3, -0.25) is 9.78 Å². The van der Waals surface area contributed by atoms with Crippen molar-refractivity contribution in [2.24, 2.45) is 0 Å². The van der Waals surface area contributed by atoms with Crippen LogP contribution in [0.2, 0.25) is 0 Å². The van der Waals surface area contributed by atoms with Crippen molar-refractivity contribution in [2.75, 3.05) is 0 Å². The summed E-state index contributed by atoms with van der Waals surface area (Å²) in [6, 6.07) is 2.38. The zero-order valence-electron chi connectivity index (χ0n) is 10.4. The summed E-state index contributed by atoms with van der Waals surface area (Å²) < 4.78 is 38.2. The summed E-state index contributed by atoms with van der Waals surface area (Å²) in [7, 11) is 0. The number of alkyl halides is 3. The fraction of sp³-hybridized carbons (Fsp3) is 0.250. The van der Waals surface area contributed by atoms with Crippen LogP contribution in [0.5, 0.6) is 0 Å². The van der Waals surface area contributed by atoms with Gasteiger partial charge in [0.1, 0.15) is 0 Å². The molecule has 0 radical (unpaired) electrons. The molecule has 106 valence electrons. The number of pyridine rings is 1. The molecule has 1 N–H and O–H groups in total. The van der Waals surface area contributed by atoms with Crippen LogP contribution in [-0.2, 0) is 12.7 Å². The fourth-order valence-corrected chi connectivity index (χ4v) is 2.18. The predicted molar refractivity (Wildman–Crippen MR) is 67.3 cm³/mol. The van der Waals surface area contributed by atoms with Gasteiger partial charge in [0.2, 0.25) is 0 Å². The number of nitrogens with zero attached hydrogens (tertiary/aromatic N) is 2. The van der Waals surface area contributed by atoms with Crippen molar-refractivity contribution in [2.45, 2.75) is 19.6 Å². The zero-order chi connectivity index (χ0) is 14.8. The van der Waals surface area contributed by atoms with Crippen molar-refractivity contribution in [3.05, 3.63) is 45.7 Å². The van der Waals surface area contributed by atoms with Crippen LogP contribution < -0.4 is 5.32 Å². The molecular formula is C12H10F3N3OS. The molecule has 0 fully saturated rings. The van der Waals surface area contributed by atoms with E-state index in [0.717, 1.165) is 17.3 Å². The normalized spacial score (nSPS) is 11.4. The summed E-state index contributed by atoms with van der Waals surface area (Å²) in [5.74, 6) is -0.823. The van der Waals surface area contributed by atoms with Gasteiger partial charge in [0.05, 0.1) is 22.8 Å². The SMILES string of the molecule is Cc1nc(CNC(=O)c2cccnc2C(F)(F)F)cs1. The Morgan fingerprint density at radius 3 is 2.80 bits per heavy atom. The molecule has 20 heavy (non-hydrogen) atoms. The molecule has 8 heteroatoms. The Kier molecular flexibility index (Phi) is 4.03. The van der Waals surface area contributed by atoms with E-state index in [9.17, 15) is 18.0 Å². The number of hydrogen-bond acceptors (Lipinski definition) is 4. The summed E-state index contributed by atoms with van der Waals surface area (Å²) in [6.45, 7) is 1.88. The van der Waals surface area contributed by atoms with Gasteiger partial charge < -0.3 is 5.32 Å². The van der Waals surface area contributed by atoms with Gasteiger partial charge in [-0.05, 0) is 19.1 Å². The molecular weight excluding hydrogens is 291 g/mol. The fourth-order valence-electron chi connectivity index (χ4n) is 1.57. The molecule has 0 aliphatic carbocycles. The van der Waals surface area contributed by atoms with Crippen molar-refractivity contribution in [3.63, 3.8) is 0 Å². The number of thiazole rings is 1. The molecule has 2 aromatic heterocycles. The van der Waals surface area contributed by atoms with E-state index in [0.29, 0.717) is 5.69 Å². The largest absolute Gasteiger partial charge is 0.434 e. The quantitative estimate of drug-likeness (QED) is 0.948. The third kappa shape index (κ3) is 3.32. The second-order valence-corrected chi connectivity index (χ2v) is 5.00. The van der Waals surface area contributed by atoms with E-state index in [1.807, 2.05) is 0 Å². The van der Waals surface area contributed by atoms with Crippen molar-refractivity contribution in [1.29, 1.82) is 0 Å². The highest BCUT2D eigenvalue weighted by Gasteiger charge is 2.36. The summed E-state index contributed by atoms with van der Waals surface area (Å²) >= 11 is 1.40. The number of nitrogens with one attached hydrogen (secondary N) is 1. The molecule has 0 unspecified atom stereocenters. The molecule has 1 amide bonds.